The maximum Gasteiger partial charge on any atom is 0.135 e. The molecule has 0 atom stereocenters. The van der Waals surface area contributed by atoms with Gasteiger partial charge in [-0.2, -0.15) is 0 Å². The second kappa shape index (κ2) is 7.10. The van der Waals surface area contributed by atoms with Gasteiger partial charge in [0.15, 0.2) is 0 Å². The Morgan fingerprint density at radius 2 is 2.12 bits per heavy atom. The van der Waals surface area contributed by atoms with Crippen molar-refractivity contribution in [3.63, 3.8) is 0 Å². The summed E-state index contributed by atoms with van der Waals surface area (Å²) in [4.78, 5) is 11.5. The molecule has 0 amide bonds. The van der Waals surface area contributed by atoms with Crippen molar-refractivity contribution < 1.29 is 9.53 Å². The fraction of sp³-hybridized carbons (Fsp3) is 0.533. The van der Waals surface area contributed by atoms with Gasteiger partial charge in [0, 0.05) is 12.3 Å². The van der Waals surface area contributed by atoms with Gasteiger partial charge >= 0.3 is 0 Å². The van der Waals surface area contributed by atoms with Gasteiger partial charge in [-0.1, -0.05) is 32.9 Å². The van der Waals surface area contributed by atoms with Crippen molar-refractivity contribution in [3.8, 4) is 5.75 Å². The van der Waals surface area contributed by atoms with Crippen molar-refractivity contribution >= 4 is 5.78 Å². The lowest BCUT2D eigenvalue weighted by atomic mass is 10.0. The third-order valence-corrected chi connectivity index (χ3v) is 2.68. The molecular weight excluding hydrogens is 212 g/mol. The van der Waals surface area contributed by atoms with Crippen LogP contribution in [0.1, 0.15) is 39.2 Å². The number of aryl methyl sites for hydroxylation is 1. The second-order valence-electron chi connectivity index (χ2n) is 4.62. The third kappa shape index (κ3) is 5.03. The van der Waals surface area contributed by atoms with Gasteiger partial charge in [-0.15, -0.1) is 0 Å². The molecule has 1 aromatic rings. The van der Waals surface area contributed by atoms with Gasteiger partial charge in [-0.05, 0) is 30.5 Å². The first-order chi connectivity index (χ1) is 8.13. The first-order valence-corrected chi connectivity index (χ1v) is 6.38. The number of carbonyl (C=O) groups excluding carboxylic acids is 1. The van der Waals surface area contributed by atoms with Crippen molar-refractivity contribution in [1.29, 1.82) is 0 Å². The lowest BCUT2D eigenvalue weighted by Gasteiger charge is -2.07. The van der Waals surface area contributed by atoms with Crippen LogP contribution in [0.4, 0.5) is 0 Å². The fourth-order valence-electron chi connectivity index (χ4n) is 1.57. The molecular formula is C15H22O2. The van der Waals surface area contributed by atoms with Crippen molar-refractivity contribution in [2.75, 3.05) is 6.61 Å². The Hall–Kier alpha value is -1.31. The number of benzene rings is 1. The van der Waals surface area contributed by atoms with Crippen LogP contribution in [0.25, 0.3) is 0 Å². The molecule has 1 aromatic carbocycles. The van der Waals surface area contributed by atoms with Crippen LogP contribution in [0.2, 0.25) is 0 Å². The monoisotopic (exact) mass is 234 g/mol. The highest BCUT2D eigenvalue weighted by molar-refractivity contribution is 5.80. The molecule has 0 aromatic heterocycles. The molecule has 1 rings (SSSR count). The molecule has 2 heteroatoms. The van der Waals surface area contributed by atoms with Crippen LogP contribution < -0.4 is 4.74 Å². The summed E-state index contributed by atoms with van der Waals surface area (Å²) in [5.41, 5.74) is 1.17. The largest absolute Gasteiger partial charge is 0.494 e. The number of ether oxygens (including phenoxy) is 1. The first-order valence-electron chi connectivity index (χ1n) is 6.38. The van der Waals surface area contributed by atoms with Crippen LogP contribution in [0, 0.1) is 5.92 Å². The van der Waals surface area contributed by atoms with Crippen molar-refractivity contribution in [2.24, 2.45) is 5.92 Å². The zero-order valence-electron chi connectivity index (χ0n) is 11.0. The Labute approximate surface area is 104 Å². The Bertz CT molecular complexity index is 356. The lowest BCUT2D eigenvalue weighted by Crippen LogP contribution is -2.07. The van der Waals surface area contributed by atoms with Gasteiger partial charge in [0.1, 0.15) is 11.5 Å². The molecule has 94 valence electrons. The molecule has 0 saturated heterocycles. The molecule has 0 N–H and O–H groups in total. The van der Waals surface area contributed by atoms with Crippen LogP contribution in [0.3, 0.4) is 0 Å². The highest BCUT2D eigenvalue weighted by atomic mass is 16.5. The summed E-state index contributed by atoms with van der Waals surface area (Å²) in [6.07, 6.45) is 2.44. The van der Waals surface area contributed by atoms with Crippen LogP contribution in [-0.2, 0) is 11.2 Å². The summed E-state index contributed by atoms with van der Waals surface area (Å²) in [7, 11) is 0. The quantitative estimate of drug-likeness (QED) is 0.720. The molecule has 0 spiro atoms. The lowest BCUT2D eigenvalue weighted by molar-refractivity contribution is -0.121. The Morgan fingerprint density at radius 1 is 1.35 bits per heavy atom. The summed E-state index contributed by atoms with van der Waals surface area (Å²) in [6.45, 7) is 6.73. The zero-order chi connectivity index (χ0) is 12.7. The Kier molecular flexibility index (Phi) is 5.75. The van der Waals surface area contributed by atoms with E-state index in [0.717, 1.165) is 25.2 Å². The molecule has 0 aliphatic rings. The van der Waals surface area contributed by atoms with E-state index in [1.807, 2.05) is 38.1 Å². The van der Waals surface area contributed by atoms with E-state index in [4.69, 9.17) is 4.74 Å². The van der Waals surface area contributed by atoms with E-state index in [0.29, 0.717) is 12.2 Å². The number of rotatable bonds is 7. The predicted octanol–water partition coefficient (Wildman–Crippen LogP) is 3.63. The number of Topliss-reactive ketones (excluding diaryl/α,β-unsaturated/α-hetero) is 1. The Balaban J connectivity index is 2.51. The van der Waals surface area contributed by atoms with Gasteiger partial charge < -0.3 is 4.74 Å². The van der Waals surface area contributed by atoms with Crippen LogP contribution >= 0.6 is 0 Å². The standard InChI is InChI=1S/C15H22O2/c1-4-10-17-14-7-5-6-13(11-14)8-9-15(16)12(2)3/h5-7,11-12H,4,8-10H2,1-3H3. The second-order valence-corrected chi connectivity index (χ2v) is 4.62. The molecule has 0 fully saturated rings. The summed E-state index contributed by atoms with van der Waals surface area (Å²) in [6, 6.07) is 8.03. The SMILES string of the molecule is CCCOc1cccc(CCC(=O)C(C)C)c1. The minimum atomic E-state index is 0.134. The minimum Gasteiger partial charge on any atom is -0.494 e. The number of hydrogen-bond donors (Lipinski definition) is 0. The zero-order valence-corrected chi connectivity index (χ0v) is 11.0. The normalized spacial score (nSPS) is 10.6. The maximum absolute atomic E-state index is 11.5. The number of carbonyl (C=O) groups is 1. The predicted molar refractivity (Wildman–Crippen MR) is 70.4 cm³/mol. The molecule has 0 aliphatic carbocycles. The minimum absolute atomic E-state index is 0.134. The summed E-state index contributed by atoms with van der Waals surface area (Å²) >= 11 is 0. The average molecular weight is 234 g/mol. The average Bonchev–Trinajstić information content (AvgIpc) is 2.33. The molecule has 0 unspecified atom stereocenters. The van der Waals surface area contributed by atoms with Gasteiger partial charge in [-0.3, -0.25) is 4.79 Å². The van der Waals surface area contributed by atoms with Crippen LogP contribution in [0.5, 0.6) is 5.75 Å². The molecule has 17 heavy (non-hydrogen) atoms. The summed E-state index contributed by atoms with van der Waals surface area (Å²) in [5.74, 6) is 1.36. The smallest absolute Gasteiger partial charge is 0.135 e. The highest BCUT2D eigenvalue weighted by Gasteiger charge is 2.07. The summed E-state index contributed by atoms with van der Waals surface area (Å²) < 4.78 is 5.57. The fourth-order valence-corrected chi connectivity index (χ4v) is 1.57. The molecule has 0 bridgehead atoms. The van der Waals surface area contributed by atoms with E-state index >= 15 is 0 Å². The van der Waals surface area contributed by atoms with Gasteiger partial charge in [-0.25, -0.2) is 0 Å². The number of hydrogen-bond acceptors (Lipinski definition) is 2. The van der Waals surface area contributed by atoms with Crippen molar-refractivity contribution in [1.82, 2.24) is 0 Å². The Morgan fingerprint density at radius 3 is 2.76 bits per heavy atom. The van der Waals surface area contributed by atoms with Crippen LogP contribution in [-0.4, -0.2) is 12.4 Å². The molecule has 0 aliphatic heterocycles. The molecule has 0 radical (unpaired) electrons. The van der Waals surface area contributed by atoms with Gasteiger partial charge in [0.05, 0.1) is 6.61 Å². The van der Waals surface area contributed by atoms with E-state index in [2.05, 4.69) is 6.92 Å². The first kappa shape index (κ1) is 13.8. The van der Waals surface area contributed by atoms with Crippen LogP contribution in [0.15, 0.2) is 24.3 Å². The topological polar surface area (TPSA) is 26.3 Å². The van der Waals surface area contributed by atoms with E-state index in [9.17, 15) is 4.79 Å². The summed E-state index contributed by atoms with van der Waals surface area (Å²) in [5, 5.41) is 0. The van der Waals surface area contributed by atoms with Crippen molar-refractivity contribution in [3.05, 3.63) is 29.8 Å². The van der Waals surface area contributed by atoms with Gasteiger partial charge in [0.2, 0.25) is 0 Å². The molecule has 2 nitrogen and oxygen atoms in total. The van der Waals surface area contributed by atoms with Gasteiger partial charge in [0.25, 0.3) is 0 Å². The van der Waals surface area contributed by atoms with E-state index in [1.165, 1.54) is 5.56 Å². The highest BCUT2D eigenvalue weighted by Crippen LogP contribution is 2.15. The molecule has 0 heterocycles. The van der Waals surface area contributed by atoms with E-state index in [-0.39, 0.29) is 5.92 Å². The molecule has 0 saturated carbocycles. The van der Waals surface area contributed by atoms with Crippen molar-refractivity contribution in [2.45, 2.75) is 40.0 Å². The third-order valence-electron chi connectivity index (χ3n) is 2.68. The van der Waals surface area contributed by atoms with E-state index < -0.39 is 0 Å². The maximum atomic E-state index is 11.5. The van der Waals surface area contributed by atoms with E-state index in [1.54, 1.807) is 0 Å². The number of ketones is 1.